The van der Waals surface area contributed by atoms with Crippen molar-refractivity contribution < 1.29 is 12.8 Å². The molecule has 1 aliphatic heterocycles. The van der Waals surface area contributed by atoms with Crippen LogP contribution in [0.5, 0.6) is 0 Å². The van der Waals surface area contributed by atoms with Gasteiger partial charge in [0.2, 0.25) is 14.8 Å². The molecule has 0 amide bonds. The van der Waals surface area contributed by atoms with Crippen molar-refractivity contribution in [2.24, 2.45) is 0 Å². The summed E-state index contributed by atoms with van der Waals surface area (Å²) in [6, 6.07) is 15.5. The van der Waals surface area contributed by atoms with E-state index in [1.54, 1.807) is 0 Å². The Morgan fingerprint density at radius 2 is 1.62 bits per heavy atom. The van der Waals surface area contributed by atoms with Gasteiger partial charge < -0.3 is 0 Å². The molecule has 7 nitrogen and oxygen atoms in total. The molecule has 32 heavy (non-hydrogen) atoms. The Morgan fingerprint density at radius 3 is 2.28 bits per heavy atom. The first kappa shape index (κ1) is 21.4. The number of hydrogen-bond acceptors (Lipinski definition) is 5. The van der Waals surface area contributed by atoms with Crippen LogP contribution >= 0.6 is 12.2 Å². The second-order valence-corrected chi connectivity index (χ2v) is 10.5. The summed E-state index contributed by atoms with van der Waals surface area (Å²) in [5, 5.41) is 4.82. The van der Waals surface area contributed by atoms with E-state index in [1.165, 1.54) is 28.6 Å². The van der Waals surface area contributed by atoms with Crippen LogP contribution < -0.4 is 0 Å². The molecule has 3 aromatic rings. The van der Waals surface area contributed by atoms with Crippen molar-refractivity contribution in [2.45, 2.75) is 30.3 Å². The monoisotopic (exact) mass is 473 g/mol. The Morgan fingerprint density at radius 1 is 0.969 bits per heavy atom. The number of hydrogen-bond donors (Lipinski definition) is 0. The van der Waals surface area contributed by atoms with E-state index >= 15 is 0 Å². The van der Waals surface area contributed by atoms with Gasteiger partial charge in [-0.3, -0.25) is 9.47 Å². The predicted molar refractivity (Wildman–Crippen MR) is 121 cm³/mol. The lowest BCUT2D eigenvalue weighted by Crippen LogP contribution is -2.49. The molecule has 2 aromatic carbocycles. The van der Waals surface area contributed by atoms with E-state index in [2.05, 4.69) is 4.90 Å². The van der Waals surface area contributed by atoms with Crippen LogP contribution in [0.25, 0.3) is 5.69 Å². The number of para-hydroxylation sites is 1. The fraction of sp³-hybridized carbons (Fsp3) is 0.364. The van der Waals surface area contributed by atoms with Crippen LogP contribution in [0, 0.1) is 10.6 Å². The fourth-order valence-electron chi connectivity index (χ4n) is 4.04. The molecule has 168 valence electrons. The normalized spacial score (nSPS) is 18.2. The highest BCUT2D eigenvalue weighted by Gasteiger charge is 2.33. The summed E-state index contributed by atoms with van der Waals surface area (Å²) in [5.74, 6) is 0.697. The molecule has 2 heterocycles. The topological polar surface area (TPSA) is 63.4 Å². The van der Waals surface area contributed by atoms with Gasteiger partial charge in [0.1, 0.15) is 16.5 Å². The van der Waals surface area contributed by atoms with E-state index in [4.69, 9.17) is 17.3 Å². The average Bonchev–Trinajstić information content (AvgIpc) is 3.60. The van der Waals surface area contributed by atoms with Gasteiger partial charge in [-0.2, -0.15) is 9.40 Å². The van der Waals surface area contributed by atoms with Crippen molar-refractivity contribution in [3.8, 4) is 5.69 Å². The molecule has 1 saturated heterocycles. The standard InChI is InChI=1S/C22H24FN5O2S2/c23-19-8-4-5-9-20(19)32(29,30)26-14-12-25(13-15-26)16-27-22(31)28(18-6-2-1-3-7-18)21(24-27)17-10-11-17/h1-9,17H,10-16H2. The maximum absolute atomic E-state index is 14.1. The van der Waals surface area contributed by atoms with Crippen LogP contribution in [0.2, 0.25) is 0 Å². The molecule has 0 bridgehead atoms. The lowest BCUT2D eigenvalue weighted by molar-refractivity contribution is 0.144. The summed E-state index contributed by atoms with van der Waals surface area (Å²) in [4.78, 5) is 1.86. The van der Waals surface area contributed by atoms with Crippen molar-refractivity contribution in [3.63, 3.8) is 0 Å². The summed E-state index contributed by atoms with van der Waals surface area (Å²) >= 11 is 5.76. The molecular formula is C22H24FN5O2S2. The van der Waals surface area contributed by atoms with Gasteiger partial charge in [0, 0.05) is 37.8 Å². The Labute approximate surface area is 191 Å². The number of sulfonamides is 1. The number of benzene rings is 2. The predicted octanol–water partition coefficient (Wildman–Crippen LogP) is 3.38. The largest absolute Gasteiger partial charge is 0.282 e. The number of piperazine rings is 1. The van der Waals surface area contributed by atoms with Gasteiger partial charge in [-0.1, -0.05) is 30.3 Å². The fourth-order valence-corrected chi connectivity index (χ4v) is 5.82. The van der Waals surface area contributed by atoms with Crippen LogP contribution in [0.4, 0.5) is 4.39 Å². The van der Waals surface area contributed by atoms with E-state index in [9.17, 15) is 12.8 Å². The summed E-state index contributed by atoms with van der Waals surface area (Å²) in [7, 11) is -3.85. The van der Waals surface area contributed by atoms with Crippen molar-refractivity contribution in [1.82, 2.24) is 23.6 Å². The number of aromatic nitrogens is 3. The summed E-state index contributed by atoms with van der Waals surface area (Å²) in [5.41, 5.74) is 1.01. The molecule has 5 rings (SSSR count). The van der Waals surface area contributed by atoms with Gasteiger partial charge in [0.15, 0.2) is 0 Å². The molecule has 1 saturated carbocycles. The van der Waals surface area contributed by atoms with E-state index < -0.39 is 15.8 Å². The van der Waals surface area contributed by atoms with Gasteiger partial charge in [-0.05, 0) is 49.3 Å². The molecule has 2 fully saturated rings. The number of halogens is 1. The molecule has 1 aromatic heterocycles. The highest BCUT2D eigenvalue weighted by atomic mass is 32.2. The van der Waals surface area contributed by atoms with E-state index in [0.29, 0.717) is 43.5 Å². The third-order valence-electron chi connectivity index (χ3n) is 5.94. The first-order chi connectivity index (χ1) is 15.4. The third kappa shape index (κ3) is 4.03. The van der Waals surface area contributed by atoms with Crippen molar-refractivity contribution in [1.29, 1.82) is 0 Å². The third-order valence-corrected chi connectivity index (χ3v) is 8.27. The molecule has 1 aliphatic carbocycles. The number of rotatable bonds is 6. The zero-order valence-corrected chi connectivity index (χ0v) is 19.1. The lowest BCUT2D eigenvalue weighted by atomic mass is 10.3. The van der Waals surface area contributed by atoms with Crippen LogP contribution in [-0.4, -0.2) is 58.1 Å². The average molecular weight is 474 g/mol. The lowest BCUT2D eigenvalue weighted by Gasteiger charge is -2.33. The van der Waals surface area contributed by atoms with Crippen LogP contribution in [0.15, 0.2) is 59.5 Å². The van der Waals surface area contributed by atoms with Crippen molar-refractivity contribution in [2.75, 3.05) is 26.2 Å². The second kappa shape index (κ2) is 8.51. The first-order valence-electron chi connectivity index (χ1n) is 10.7. The first-order valence-corrected chi connectivity index (χ1v) is 12.5. The SMILES string of the molecule is O=S(=O)(c1ccccc1F)N1CCN(Cn2nc(C3CC3)n(-c3ccccc3)c2=S)CC1. The van der Waals surface area contributed by atoms with E-state index in [1.807, 2.05) is 39.6 Å². The molecule has 0 N–H and O–H groups in total. The van der Waals surface area contributed by atoms with Crippen LogP contribution in [0.1, 0.15) is 24.6 Å². The molecule has 0 radical (unpaired) electrons. The van der Waals surface area contributed by atoms with Crippen molar-refractivity contribution >= 4 is 22.2 Å². The zero-order valence-electron chi connectivity index (χ0n) is 17.5. The quantitative estimate of drug-likeness (QED) is 0.514. The van der Waals surface area contributed by atoms with Crippen LogP contribution in [0.3, 0.4) is 0 Å². The zero-order chi connectivity index (χ0) is 22.3. The smallest absolute Gasteiger partial charge is 0.246 e. The van der Waals surface area contributed by atoms with Gasteiger partial charge in [-0.25, -0.2) is 17.5 Å². The molecular weight excluding hydrogens is 449 g/mol. The van der Waals surface area contributed by atoms with Gasteiger partial charge in [0.25, 0.3) is 0 Å². The Balaban J connectivity index is 1.32. The minimum absolute atomic E-state index is 0.272. The van der Waals surface area contributed by atoms with E-state index in [-0.39, 0.29) is 4.90 Å². The maximum atomic E-state index is 14.1. The molecule has 10 heteroatoms. The summed E-state index contributed by atoms with van der Waals surface area (Å²) in [6.45, 7) is 2.11. The summed E-state index contributed by atoms with van der Waals surface area (Å²) < 4.78 is 45.6. The Kier molecular flexibility index (Phi) is 5.70. The molecule has 0 spiro atoms. The summed E-state index contributed by atoms with van der Waals surface area (Å²) in [6.07, 6.45) is 2.23. The van der Waals surface area contributed by atoms with E-state index in [0.717, 1.165) is 24.4 Å². The van der Waals surface area contributed by atoms with Crippen LogP contribution in [-0.2, 0) is 16.7 Å². The van der Waals surface area contributed by atoms with Gasteiger partial charge in [0.05, 0.1) is 6.67 Å². The second-order valence-electron chi connectivity index (χ2n) is 8.18. The number of nitrogens with zero attached hydrogens (tertiary/aromatic N) is 5. The maximum Gasteiger partial charge on any atom is 0.246 e. The van der Waals surface area contributed by atoms with Crippen molar-refractivity contribution in [3.05, 3.63) is 71.0 Å². The molecule has 0 atom stereocenters. The highest BCUT2D eigenvalue weighted by molar-refractivity contribution is 7.89. The minimum Gasteiger partial charge on any atom is -0.282 e. The Hall–Kier alpha value is -2.40. The molecule has 0 unspecified atom stereocenters. The molecule has 2 aliphatic rings. The van der Waals surface area contributed by atoms with Gasteiger partial charge in [-0.15, -0.1) is 0 Å². The van der Waals surface area contributed by atoms with Gasteiger partial charge >= 0.3 is 0 Å². The highest BCUT2D eigenvalue weighted by Crippen LogP contribution is 2.40. The minimum atomic E-state index is -3.85. The Bertz CT molecular complexity index is 1280.